The molecule has 0 aliphatic heterocycles. The number of aromatic nitrogens is 1. The SMILES string of the molecule is Cc1ccccc1NC(=O)c1ccc(NCCC(C)C)cn1. The number of nitrogens with zero attached hydrogens (tertiary/aromatic N) is 1. The van der Waals surface area contributed by atoms with Crippen molar-refractivity contribution in [3.8, 4) is 0 Å². The highest BCUT2D eigenvalue weighted by Gasteiger charge is 2.08. The molecule has 0 saturated carbocycles. The molecule has 0 fully saturated rings. The Hall–Kier alpha value is -2.36. The number of hydrogen-bond acceptors (Lipinski definition) is 3. The molecule has 2 aromatic rings. The summed E-state index contributed by atoms with van der Waals surface area (Å²) in [6, 6.07) is 11.3. The summed E-state index contributed by atoms with van der Waals surface area (Å²) in [7, 11) is 0. The summed E-state index contributed by atoms with van der Waals surface area (Å²) in [6.45, 7) is 7.26. The zero-order chi connectivity index (χ0) is 15.9. The number of amides is 1. The summed E-state index contributed by atoms with van der Waals surface area (Å²) in [6.07, 6.45) is 2.81. The smallest absolute Gasteiger partial charge is 0.274 e. The first kappa shape index (κ1) is 16.0. The topological polar surface area (TPSA) is 54.0 Å². The van der Waals surface area contributed by atoms with Crippen molar-refractivity contribution in [3.05, 3.63) is 53.9 Å². The number of rotatable bonds is 6. The fourth-order valence-electron chi connectivity index (χ4n) is 2.04. The van der Waals surface area contributed by atoms with Crippen molar-refractivity contribution < 1.29 is 4.79 Å². The van der Waals surface area contributed by atoms with Gasteiger partial charge in [0, 0.05) is 12.2 Å². The van der Waals surface area contributed by atoms with Crippen LogP contribution in [0.2, 0.25) is 0 Å². The van der Waals surface area contributed by atoms with E-state index in [1.54, 1.807) is 12.3 Å². The van der Waals surface area contributed by atoms with E-state index in [4.69, 9.17) is 0 Å². The minimum Gasteiger partial charge on any atom is -0.384 e. The molecule has 0 spiro atoms. The van der Waals surface area contributed by atoms with Crippen LogP contribution in [0.1, 0.15) is 36.3 Å². The van der Waals surface area contributed by atoms with Crippen LogP contribution in [0.25, 0.3) is 0 Å². The predicted octanol–water partition coefficient (Wildman–Crippen LogP) is 4.10. The maximum Gasteiger partial charge on any atom is 0.274 e. The Labute approximate surface area is 132 Å². The van der Waals surface area contributed by atoms with Gasteiger partial charge >= 0.3 is 0 Å². The number of carbonyl (C=O) groups is 1. The average Bonchev–Trinajstić information content (AvgIpc) is 2.50. The van der Waals surface area contributed by atoms with Crippen LogP contribution in [0.4, 0.5) is 11.4 Å². The van der Waals surface area contributed by atoms with Crippen LogP contribution >= 0.6 is 0 Å². The molecule has 0 radical (unpaired) electrons. The van der Waals surface area contributed by atoms with E-state index < -0.39 is 0 Å². The molecule has 0 unspecified atom stereocenters. The van der Waals surface area contributed by atoms with E-state index in [1.807, 2.05) is 37.3 Å². The third-order valence-corrected chi connectivity index (χ3v) is 3.44. The standard InChI is InChI=1S/C18H23N3O/c1-13(2)10-11-19-15-8-9-17(20-12-15)18(22)21-16-7-5-4-6-14(16)3/h4-9,12-13,19H,10-11H2,1-3H3,(H,21,22). The summed E-state index contributed by atoms with van der Waals surface area (Å²) >= 11 is 0. The van der Waals surface area contributed by atoms with Crippen LogP contribution in [0.3, 0.4) is 0 Å². The van der Waals surface area contributed by atoms with Gasteiger partial charge in [0.1, 0.15) is 5.69 Å². The number of anilines is 2. The predicted molar refractivity (Wildman–Crippen MR) is 91.3 cm³/mol. The third-order valence-electron chi connectivity index (χ3n) is 3.44. The van der Waals surface area contributed by atoms with Gasteiger partial charge in [0.05, 0.1) is 11.9 Å². The van der Waals surface area contributed by atoms with E-state index in [-0.39, 0.29) is 5.91 Å². The minimum absolute atomic E-state index is 0.192. The first-order valence-corrected chi connectivity index (χ1v) is 7.63. The number of benzene rings is 1. The molecule has 1 amide bonds. The van der Waals surface area contributed by atoms with Crippen LogP contribution in [0.15, 0.2) is 42.6 Å². The van der Waals surface area contributed by atoms with Gasteiger partial charge in [-0.1, -0.05) is 32.0 Å². The van der Waals surface area contributed by atoms with Gasteiger partial charge in [-0.15, -0.1) is 0 Å². The first-order valence-electron chi connectivity index (χ1n) is 7.63. The summed E-state index contributed by atoms with van der Waals surface area (Å²) < 4.78 is 0. The zero-order valence-corrected chi connectivity index (χ0v) is 13.4. The highest BCUT2D eigenvalue weighted by molar-refractivity contribution is 6.03. The Morgan fingerprint density at radius 1 is 1.18 bits per heavy atom. The lowest BCUT2D eigenvalue weighted by Gasteiger charge is -2.09. The van der Waals surface area contributed by atoms with Gasteiger partial charge < -0.3 is 10.6 Å². The van der Waals surface area contributed by atoms with Crippen molar-refractivity contribution in [2.75, 3.05) is 17.2 Å². The number of hydrogen-bond donors (Lipinski definition) is 2. The molecule has 4 nitrogen and oxygen atoms in total. The molecule has 0 saturated heterocycles. The lowest BCUT2D eigenvalue weighted by molar-refractivity contribution is 0.102. The highest BCUT2D eigenvalue weighted by atomic mass is 16.1. The molecule has 1 aromatic heterocycles. The molecule has 0 atom stereocenters. The van der Waals surface area contributed by atoms with Gasteiger partial charge in [-0.25, -0.2) is 4.98 Å². The van der Waals surface area contributed by atoms with E-state index in [2.05, 4.69) is 29.5 Å². The average molecular weight is 297 g/mol. The van der Waals surface area contributed by atoms with Crippen LogP contribution in [0, 0.1) is 12.8 Å². The van der Waals surface area contributed by atoms with Crippen LogP contribution in [-0.4, -0.2) is 17.4 Å². The number of pyridine rings is 1. The molecular weight excluding hydrogens is 274 g/mol. The second-order valence-electron chi connectivity index (χ2n) is 5.81. The Kier molecular flexibility index (Phi) is 5.53. The fraction of sp³-hybridized carbons (Fsp3) is 0.333. The Bertz CT molecular complexity index is 620. The molecule has 1 aromatic carbocycles. The Balaban J connectivity index is 1.95. The molecule has 116 valence electrons. The van der Waals surface area contributed by atoms with Gasteiger partial charge in [0.25, 0.3) is 5.91 Å². The van der Waals surface area contributed by atoms with E-state index in [0.717, 1.165) is 29.9 Å². The van der Waals surface area contributed by atoms with E-state index in [0.29, 0.717) is 11.6 Å². The fourth-order valence-corrected chi connectivity index (χ4v) is 2.04. The number of carbonyl (C=O) groups excluding carboxylic acids is 1. The van der Waals surface area contributed by atoms with E-state index in [1.165, 1.54) is 0 Å². The van der Waals surface area contributed by atoms with E-state index in [9.17, 15) is 4.79 Å². The molecule has 1 heterocycles. The van der Waals surface area contributed by atoms with Crippen molar-refractivity contribution in [1.82, 2.24) is 4.98 Å². The molecular formula is C18H23N3O. The number of nitrogens with one attached hydrogen (secondary N) is 2. The van der Waals surface area contributed by atoms with Gasteiger partial charge in [-0.2, -0.15) is 0 Å². The third kappa shape index (κ3) is 4.58. The molecule has 2 N–H and O–H groups in total. The largest absolute Gasteiger partial charge is 0.384 e. The van der Waals surface area contributed by atoms with Crippen molar-refractivity contribution in [3.63, 3.8) is 0 Å². The molecule has 0 aliphatic carbocycles. The number of aryl methyl sites for hydroxylation is 1. The second-order valence-corrected chi connectivity index (χ2v) is 5.81. The second kappa shape index (κ2) is 7.59. The Morgan fingerprint density at radius 2 is 1.95 bits per heavy atom. The number of para-hydroxylation sites is 1. The van der Waals surface area contributed by atoms with Crippen molar-refractivity contribution in [2.24, 2.45) is 5.92 Å². The van der Waals surface area contributed by atoms with Gasteiger partial charge in [0.15, 0.2) is 0 Å². The molecule has 0 aliphatic rings. The van der Waals surface area contributed by atoms with E-state index >= 15 is 0 Å². The van der Waals surface area contributed by atoms with Crippen LogP contribution in [-0.2, 0) is 0 Å². The molecule has 2 rings (SSSR count). The van der Waals surface area contributed by atoms with Crippen LogP contribution < -0.4 is 10.6 Å². The minimum atomic E-state index is -0.192. The van der Waals surface area contributed by atoms with Crippen LogP contribution in [0.5, 0.6) is 0 Å². The highest BCUT2D eigenvalue weighted by Crippen LogP contribution is 2.15. The normalized spacial score (nSPS) is 10.5. The monoisotopic (exact) mass is 297 g/mol. The van der Waals surface area contributed by atoms with Gasteiger partial charge in [0.2, 0.25) is 0 Å². The maximum absolute atomic E-state index is 12.2. The molecule has 22 heavy (non-hydrogen) atoms. The van der Waals surface area contributed by atoms with Gasteiger partial charge in [-0.05, 0) is 43.0 Å². The zero-order valence-electron chi connectivity index (χ0n) is 13.4. The first-order chi connectivity index (χ1) is 10.6. The van der Waals surface area contributed by atoms with Crippen molar-refractivity contribution in [2.45, 2.75) is 27.2 Å². The maximum atomic E-state index is 12.2. The quantitative estimate of drug-likeness (QED) is 0.844. The van der Waals surface area contributed by atoms with Crippen molar-refractivity contribution >= 4 is 17.3 Å². The lowest BCUT2D eigenvalue weighted by Crippen LogP contribution is -2.14. The summed E-state index contributed by atoms with van der Waals surface area (Å²) in [5.41, 5.74) is 3.20. The summed E-state index contributed by atoms with van der Waals surface area (Å²) in [5.74, 6) is 0.475. The van der Waals surface area contributed by atoms with Crippen molar-refractivity contribution in [1.29, 1.82) is 0 Å². The lowest BCUT2D eigenvalue weighted by atomic mass is 10.1. The summed E-state index contributed by atoms with van der Waals surface area (Å²) in [5, 5.41) is 6.19. The Morgan fingerprint density at radius 3 is 2.59 bits per heavy atom. The molecule has 0 bridgehead atoms. The summed E-state index contributed by atoms with van der Waals surface area (Å²) in [4.78, 5) is 16.4. The molecule has 4 heteroatoms. The van der Waals surface area contributed by atoms with Gasteiger partial charge in [-0.3, -0.25) is 4.79 Å².